The molecule has 0 saturated carbocycles. The van der Waals surface area contributed by atoms with Crippen LogP contribution in [0.5, 0.6) is 0 Å². The molecule has 1 aliphatic rings. The molecule has 0 amide bonds. The molecule has 0 aliphatic heterocycles. The maximum Gasteiger partial charge on any atom is 0 e. The van der Waals surface area contributed by atoms with Crippen LogP contribution in [0.15, 0.2) is 36.7 Å². The minimum absolute atomic E-state index is 0. The minimum atomic E-state index is -0.511. The largest absolute Gasteiger partial charge is 0 e. The number of hydrogen-bond donors (Lipinski definition) is 0. The number of aromatic nitrogens is 2. The van der Waals surface area contributed by atoms with Crippen molar-refractivity contribution < 1.29 is 57.1 Å². The number of hydrogen-bond acceptors (Lipinski definition) is 4. The molecule has 9 heteroatoms. The summed E-state index contributed by atoms with van der Waals surface area (Å²) in [5, 5.41) is 0. The second kappa shape index (κ2) is 10.1. The predicted molar refractivity (Wildman–Crippen MR) is 74.0 cm³/mol. The van der Waals surface area contributed by atoms with E-state index in [1.165, 1.54) is 0 Å². The van der Waals surface area contributed by atoms with Crippen LogP contribution in [0.2, 0.25) is 0 Å². The fraction of sp³-hybridized carbons (Fsp3) is 0. The first-order chi connectivity index (χ1) is 9.20. The van der Waals surface area contributed by atoms with Crippen LogP contribution in [-0.4, -0.2) is 21.5 Å². The van der Waals surface area contributed by atoms with Crippen molar-refractivity contribution in [2.24, 2.45) is 0 Å². The molecule has 0 saturated heterocycles. The number of fused-ring (bicyclic) bond motifs is 3. The molecule has 115 valence electrons. The first-order valence-corrected chi connectivity index (χ1v) is 16.9. The van der Waals surface area contributed by atoms with Crippen molar-refractivity contribution in [1.82, 2.24) is 9.97 Å². The number of halogens is 2. The van der Waals surface area contributed by atoms with E-state index in [4.69, 9.17) is 0 Å². The molecule has 2 radical (unpaired) electrons. The quantitative estimate of drug-likeness (QED) is 0.404. The van der Waals surface area contributed by atoms with Gasteiger partial charge in [0.2, 0.25) is 11.6 Å². The van der Waals surface area contributed by atoms with Gasteiger partial charge in [-0.3, -0.25) is 19.6 Å². The van der Waals surface area contributed by atoms with E-state index >= 15 is 0 Å². The van der Waals surface area contributed by atoms with Gasteiger partial charge in [0.15, 0.2) is 0 Å². The van der Waals surface area contributed by atoms with Gasteiger partial charge < -0.3 is 0 Å². The third-order valence-corrected chi connectivity index (χ3v) is 2.54. The van der Waals surface area contributed by atoms with Crippen molar-refractivity contribution in [2.45, 2.75) is 0 Å². The Labute approximate surface area is 163 Å². The molecule has 3 rings (SSSR count). The third kappa shape index (κ3) is 4.62. The van der Waals surface area contributed by atoms with Crippen LogP contribution in [0.3, 0.4) is 0 Å². The Morgan fingerprint density at radius 2 is 1.14 bits per heavy atom. The van der Waals surface area contributed by atoms with E-state index in [1.54, 1.807) is 36.7 Å². The average molecular weight is 674 g/mol. The zero-order valence-corrected chi connectivity index (χ0v) is 17.9. The Hall–Kier alpha value is 0.275. The third-order valence-electron chi connectivity index (χ3n) is 2.54. The van der Waals surface area contributed by atoms with E-state index in [0.29, 0.717) is 22.5 Å². The van der Waals surface area contributed by atoms with Crippen molar-refractivity contribution in [3.8, 4) is 11.4 Å². The number of Topliss-reactive ketones (excluding diaryl/α,β-unsaturated/α-hetero) is 2. The zero-order chi connectivity index (χ0) is 13.8. The van der Waals surface area contributed by atoms with Crippen molar-refractivity contribution in [3.63, 3.8) is 0 Å². The topological polar surface area (TPSA) is 59.9 Å². The van der Waals surface area contributed by atoms with Gasteiger partial charge in [0.1, 0.15) is 11.4 Å². The van der Waals surface area contributed by atoms with Gasteiger partial charge in [0, 0.05) is 46.0 Å². The molecule has 2 aromatic rings. The van der Waals surface area contributed by atoms with Crippen molar-refractivity contribution in [2.75, 3.05) is 0 Å². The van der Waals surface area contributed by atoms with Crippen molar-refractivity contribution in [3.05, 3.63) is 47.8 Å². The number of carbonyl (C=O) groups excluding carboxylic acids is 2. The smallest absolute Gasteiger partial charge is 0 e. The second-order valence-corrected chi connectivity index (χ2v) is 15.4. The Kier molecular flexibility index (Phi) is 10.3. The molecule has 0 N–H and O–H groups in total. The molecule has 1 aliphatic carbocycles. The predicted octanol–water partition coefficient (Wildman–Crippen LogP) is 3.21. The molecule has 2 aromatic heterocycles. The standard InChI is InChI=1S/C12H6N2O2.2BrH.2Co.Re/c15-11-7-3-1-5-13-9(7)10-8(12(11)16)4-2-6-14-10;;;;;/h1-6H;2*1H;;;/q;;;;;+2/p-2. The van der Waals surface area contributed by atoms with Crippen LogP contribution in [0.25, 0.3) is 11.4 Å². The molecular formula is C12H6Br2Co2N2O2Re. The van der Waals surface area contributed by atoms with Gasteiger partial charge >= 0.3 is 40.8 Å². The Morgan fingerprint density at radius 1 is 0.810 bits per heavy atom. The van der Waals surface area contributed by atoms with Crippen LogP contribution in [0.4, 0.5) is 0 Å². The molecule has 0 aromatic carbocycles. The molecule has 0 spiro atoms. The number of carbonyl (C=O) groups is 2. The zero-order valence-electron chi connectivity index (χ0n) is 9.98. The van der Waals surface area contributed by atoms with Crippen LogP contribution in [-0.2, 0) is 47.5 Å². The molecule has 0 atom stereocenters. The van der Waals surface area contributed by atoms with Gasteiger partial charge in [-0.2, -0.15) is 0 Å². The van der Waals surface area contributed by atoms with Gasteiger partial charge in [-0.25, -0.2) is 0 Å². The Morgan fingerprint density at radius 3 is 1.48 bits per heavy atom. The summed E-state index contributed by atoms with van der Waals surface area (Å²) in [5.41, 5.74) is 1.64. The fourth-order valence-corrected chi connectivity index (χ4v) is 1.80. The maximum absolute atomic E-state index is 11.8. The van der Waals surface area contributed by atoms with Gasteiger partial charge in [-0.1, -0.05) is 0 Å². The number of nitrogens with zero attached hydrogens (tertiary/aromatic N) is 2. The normalized spacial score (nSPS) is 11.0. The van der Waals surface area contributed by atoms with Crippen LogP contribution >= 0.6 is 26.9 Å². The first-order valence-electron chi connectivity index (χ1n) is 5.07. The van der Waals surface area contributed by atoms with Crippen LogP contribution in [0, 0.1) is 0 Å². The average Bonchev–Trinajstić information content (AvgIpc) is 2.46. The summed E-state index contributed by atoms with van der Waals surface area (Å²) in [5.74, 6) is -1.02. The van der Waals surface area contributed by atoms with Gasteiger partial charge in [-0.05, 0) is 24.3 Å². The van der Waals surface area contributed by atoms with E-state index < -0.39 is 11.6 Å². The SMILES string of the molecule is O=C1C(=O)c2cccnc2-c2ncccc21.[Br][Re][Br].[Co].[Co]. The molecule has 0 bridgehead atoms. The summed E-state index contributed by atoms with van der Waals surface area (Å²) in [4.78, 5) is 31.7. The minimum Gasteiger partial charge on any atom is 0 e. The van der Waals surface area contributed by atoms with E-state index in [9.17, 15) is 9.59 Å². The Bertz CT molecular complexity index is 603. The van der Waals surface area contributed by atoms with Crippen molar-refractivity contribution in [1.29, 1.82) is 0 Å². The summed E-state index contributed by atoms with van der Waals surface area (Å²) in [6, 6.07) is 6.47. The van der Waals surface area contributed by atoms with Gasteiger partial charge in [0.05, 0.1) is 11.1 Å². The molecule has 0 fully saturated rings. The second-order valence-electron chi connectivity index (χ2n) is 3.51. The van der Waals surface area contributed by atoms with Crippen molar-refractivity contribution >= 4 is 38.4 Å². The first kappa shape index (κ1) is 21.3. The van der Waals surface area contributed by atoms with E-state index in [0.717, 1.165) is 0 Å². The molecule has 2 heterocycles. The number of rotatable bonds is 0. The Balaban J connectivity index is 0.000000742. The van der Waals surface area contributed by atoms with Gasteiger partial charge in [0.25, 0.3) is 0 Å². The molecule has 21 heavy (non-hydrogen) atoms. The fourth-order valence-electron chi connectivity index (χ4n) is 1.80. The molecular weight excluding hydrogens is 668 g/mol. The van der Waals surface area contributed by atoms with E-state index in [-0.39, 0.29) is 47.5 Å². The van der Waals surface area contributed by atoms with E-state index in [1.807, 2.05) is 0 Å². The maximum atomic E-state index is 11.8. The summed E-state index contributed by atoms with van der Waals surface area (Å²) >= 11 is 6.39. The summed E-state index contributed by atoms with van der Waals surface area (Å²) in [6.07, 6.45) is 3.17. The molecule has 0 unspecified atom stereocenters. The summed E-state index contributed by atoms with van der Waals surface area (Å²) in [6.45, 7) is 0. The van der Waals surface area contributed by atoms with Gasteiger partial charge in [-0.15, -0.1) is 0 Å². The van der Waals surface area contributed by atoms with Crippen LogP contribution < -0.4 is 0 Å². The summed E-state index contributed by atoms with van der Waals surface area (Å²) in [7, 11) is 0. The van der Waals surface area contributed by atoms with Crippen LogP contribution in [0.1, 0.15) is 20.7 Å². The number of ketones is 2. The molecule has 4 nitrogen and oxygen atoms in total. The monoisotopic (exact) mass is 673 g/mol. The summed E-state index contributed by atoms with van der Waals surface area (Å²) < 4.78 is 0. The van der Waals surface area contributed by atoms with E-state index in [2.05, 4.69) is 36.8 Å². The number of pyridine rings is 2.